The van der Waals surface area contributed by atoms with Crippen LogP contribution in [0.25, 0.3) is 0 Å². The number of carbonyl (C=O) groups excluding carboxylic acids is 1. The van der Waals surface area contributed by atoms with Gasteiger partial charge >= 0.3 is 5.97 Å². The summed E-state index contributed by atoms with van der Waals surface area (Å²) in [6.45, 7) is 4.58. The number of hydrogen-bond acceptors (Lipinski definition) is 4. The number of rotatable bonds is 5. The van der Waals surface area contributed by atoms with Crippen LogP contribution in [0, 0.1) is 13.8 Å². The monoisotopic (exact) mass is 358 g/mol. The van der Waals surface area contributed by atoms with Crippen LogP contribution in [0.2, 0.25) is 0 Å². The third-order valence-corrected chi connectivity index (χ3v) is 4.22. The summed E-state index contributed by atoms with van der Waals surface area (Å²) in [6, 6.07) is 11.4. The molecule has 0 heterocycles. The topological polar surface area (TPSA) is 59.6 Å². The summed E-state index contributed by atoms with van der Waals surface area (Å²) in [4.78, 5) is 11.8. The maximum atomic E-state index is 11.8. The van der Waals surface area contributed by atoms with Gasteiger partial charge in [0.05, 0.1) is 14.2 Å². The molecule has 25 heavy (non-hydrogen) atoms. The van der Waals surface area contributed by atoms with Gasteiger partial charge in [-0.15, -0.1) is 0 Å². The summed E-state index contributed by atoms with van der Waals surface area (Å²) >= 11 is 5.36. The van der Waals surface area contributed by atoms with Crippen LogP contribution in [-0.4, -0.2) is 25.3 Å². The number of esters is 1. The first-order valence-corrected chi connectivity index (χ1v) is 8.23. The van der Waals surface area contributed by atoms with E-state index in [0.29, 0.717) is 23.0 Å². The van der Waals surface area contributed by atoms with Gasteiger partial charge in [-0.2, -0.15) is 0 Å². The fourth-order valence-electron chi connectivity index (χ4n) is 2.37. The Labute approximate surface area is 153 Å². The van der Waals surface area contributed by atoms with Crippen molar-refractivity contribution in [1.82, 2.24) is 5.32 Å². The Balaban J connectivity index is 2.04. The number of hydrogen-bond donors (Lipinski definition) is 2. The summed E-state index contributed by atoms with van der Waals surface area (Å²) in [5, 5.41) is 6.86. The van der Waals surface area contributed by atoms with Gasteiger partial charge in [0.1, 0.15) is 11.3 Å². The molecule has 2 aromatic rings. The van der Waals surface area contributed by atoms with Crippen LogP contribution in [0.15, 0.2) is 36.4 Å². The summed E-state index contributed by atoms with van der Waals surface area (Å²) < 4.78 is 9.98. The van der Waals surface area contributed by atoms with Crippen LogP contribution < -0.4 is 15.4 Å². The van der Waals surface area contributed by atoms with E-state index in [1.807, 2.05) is 25.1 Å². The minimum absolute atomic E-state index is 0.387. The molecule has 2 N–H and O–H groups in total. The van der Waals surface area contributed by atoms with Crippen molar-refractivity contribution in [3.8, 4) is 5.75 Å². The lowest BCUT2D eigenvalue weighted by Crippen LogP contribution is -2.28. The molecule has 0 atom stereocenters. The second-order valence-electron chi connectivity index (χ2n) is 5.58. The molecule has 132 valence electrons. The van der Waals surface area contributed by atoms with E-state index < -0.39 is 5.97 Å². The maximum absolute atomic E-state index is 11.8. The third-order valence-electron chi connectivity index (χ3n) is 3.98. The molecule has 0 amide bonds. The Morgan fingerprint density at radius 3 is 2.60 bits per heavy atom. The molecule has 0 bridgehead atoms. The van der Waals surface area contributed by atoms with Gasteiger partial charge in [-0.3, -0.25) is 0 Å². The molecule has 5 nitrogen and oxygen atoms in total. The average Bonchev–Trinajstić information content (AvgIpc) is 2.63. The largest absolute Gasteiger partial charge is 0.496 e. The molecule has 6 heteroatoms. The molecule has 0 aromatic heterocycles. The van der Waals surface area contributed by atoms with Crippen molar-refractivity contribution in [1.29, 1.82) is 0 Å². The van der Waals surface area contributed by atoms with Gasteiger partial charge in [0.25, 0.3) is 0 Å². The van der Waals surface area contributed by atoms with E-state index in [1.165, 1.54) is 19.8 Å². The number of carbonyl (C=O) groups is 1. The van der Waals surface area contributed by atoms with Crippen molar-refractivity contribution >= 4 is 29.0 Å². The van der Waals surface area contributed by atoms with Crippen molar-refractivity contribution in [2.45, 2.75) is 20.4 Å². The number of anilines is 1. The molecule has 0 aliphatic rings. The van der Waals surface area contributed by atoms with Crippen molar-refractivity contribution < 1.29 is 14.3 Å². The van der Waals surface area contributed by atoms with E-state index in [-0.39, 0.29) is 0 Å². The number of benzene rings is 2. The van der Waals surface area contributed by atoms with Gasteiger partial charge in [-0.1, -0.05) is 18.2 Å². The van der Waals surface area contributed by atoms with Crippen LogP contribution in [0.1, 0.15) is 27.0 Å². The van der Waals surface area contributed by atoms with E-state index in [1.54, 1.807) is 12.1 Å². The quantitative estimate of drug-likeness (QED) is 0.629. The van der Waals surface area contributed by atoms with Gasteiger partial charge in [0.15, 0.2) is 5.11 Å². The molecule has 0 radical (unpaired) electrons. The summed E-state index contributed by atoms with van der Waals surface area (Å²) in [7, 11) is 2.86. The molecule has 0 aliphatic carbocycles. The molecular weight excluding hydrogens is 336 g/mol. The summed E-state index contributed by atoms with van der Waals surface area (Å²) in [5.74, 6) is 0.0430. The third kappa shape index (κ3) is 4.70. The highest BCUT2D eigenvalue weighted by atomic mass is 32.1. The zero-order valence-electron chi connectivity index (χ0n) is 14.8. The second kappa shape index (κ2) is 8.48. The average molecular weight is 358 g/mol. The minimum atomic E-state index is -0.435. The Hall–Kier alpha value is -2.60. The lowest BCUT2D eigenvalue weighted by molar-refractivity contribution is 0.0597. The first-order chi connectivity index (χ1) is 12.0. The molecule has 2 aromatic carbocycles. The lowest BCUT2D eigenvalue weighted by Gasteiger charge is -2.14. The minimum Gasteiger partial charge on any atom is -0.496 e. The molecule has 0 fully saturated rings. The van der Waals surface area contributed by atoms with E-state index >= 15 is 0 Å². The van der Waals surface area contributed by atoms with Crippen molar-refractivity contribution in [2.75, 3.05) is 19.5 Å². The van der Waals surface area contributed by atoms with Crippen LogP contribution in [-0.2, 0) is 11.3 Å². The predicted molar refractivity (Wildman–Crippen MR) is 103 cm³/mol. The molecular formula is C19H22N2O3S. The van der Waals surface area contributed by atoms with Crippen molar-refractivity contribution in [3.63, 3.8) is 0 Å². The molecule has 0 saturated heterocycles. The van der Waals surface area contributed by atoms with Gasteiger partial charge in [-0.25, -0.2) is 4.79 Å². The molecule has 0 unspecified atom stereocenters. The zero-order valence-corrected chi connectivity index (χ0v) is 15.6. The molecule has 2 rings (SSSR count). The standard InChI is InChI=1S/C19H22N2O3S/c1-12-6-5-7-16(13(12)2)21-19(25)20-11-14-8-9-17(23-3)15(10-14)18(22)24-4/h5-10H,11H2,1-4H3,(H2,20,21,25). The first-order valence-electron chi connectivity index (χ1n) is 7.82. The Morgan fingerprint density at radius 2 is 1.92 bits per heavy atom. The van der Waals surface area contributed by atoms with Gasteiger partial charge in [0.2, 0.25) is 0 Å². The number of nitrogens with one attached hydrogen (secondary N) is 2. The first kappa shape index (κ1) is 18.7. The van der Waals surface area contributed by atoms with E-state index in [0.717, 1.165) is 16.8 Å². The molecule has 0 aliphatic heterocycles. The second-order valence-corrected chi connectivity index (χ2v) is 5.99. The summed E-state index contributed by atoms with van der Waals surface area (Å²) in [5.41, 5.74) is 4.61. The van der Waals surface area contributed by atoms with Gasteiger partial charge < -0.3 is 20.1 Å². The molecule has 0 spiro atoms. The van der Waals surface area contributed by atoms with Crippen molar-refractivity contribution in [3.05, 3.63) is 58.7 Å². The van der Waals surface area contributed by atoms with E-state index in [4.69, 9.17) is 21.7 Å². The summed E-state index contributed by atoms with van der Waals surface area (Å²) in [6.07, 6.45) is 0. The van der Waals surface area contributed by atoms with Crippen LogP contribution in [0.5, 0.6) is 5.75 Å². The van der Waals surface area contributed by atoms with Crippen LogP contribution >= 0.6 is 12.2 Å². The van der Waals surface area contributed by atoms with Gasteiger partial charge in [0, 0.05) is 12.2 Å². The number of thiocarbonyl (C=S) groups is 1. The fourth-order valence-corrected chi connectivity index (χ4v) is 2.55. The van der Waals surface area contributed by atoms with E-state index in [2.05, 4.69) is 23.6 Å². The normalized spacial score (nSPS) is 10.1. The maximum Gasteiger partial charge on any atom is 0.341 e. The number of aryl methyl sites for hydroxylation is 1. The molecule has 0 saturated carbocycles. The van der Waals surface area contributed by atoms with Crippen LogP contribution in [0.3, 0.4) is 0 Å². The highest BCUT2D eigenvalue weighted by molar-refractivity contribution is 7.80. The highest BCUT2D eigenvalue weighted by Gasteiger charge is 2.13. The smallest absolute Gasteiger partial charge is 0.341 e. The number of methoxy groups -OCH3 is 2. The van der Waals surface area contributed by atoms with Crippen molar-refractivity contribution in [2.24, 2.45) is 0 Å². The number of ether oxygens (including phenoxy) is 2. The van der Waals surface area contributed by atoms with E-state index in [9.17, 15) is 4.79 Å². The predicted octanol–water partition coefficient (Wildman–Crippen LogP) is 3.59. The lowest BCUT2D eigenvalue weighted by atomic mass is 10.1. The highest BCUT2D eigenvalue weighted by Crippen LogP contribution is 2.21. The fraction of sp³-hybridized carbons (Fsp3) is 0.263. The Morgan fingerprint density at radius 1 is 1.16 bits per heavy atom. The Kier molecular flexibility index (Phi) is 6.36. The van der Waals surface area contributed by atoms with Crippen LogP contribution in [0.4, 0.5) is 5.69 Å². The van der Waals surface area contributed by atoms with Gasteiger partial charge in [-0.05, 0) is 61.0 Å². The Bertz CT molecular complexity index is 790. The zero-order chi connectivity index (χ0) is 18.4. The SMILES string of the molecule is COC(=O)c1cc(CNC(=S)Nc2cccc(C)c2C)ccc1OC.